The number of carboxylic acid groups (broad SMARTS) is 1. The zero-order valence-electron chi connectivity index (χ0n) is 8.59. The largest absolute Gasteiger partial charge is 0.480 e. The maximum Gasteiger partial charge on any atom is 0.321 e. The van der Waals surface area contributed by atoms with Gasteiger partial charge in [0.05, 0.1) is 0 Å². The van der Waals surface area contributed by atoms with Crippen LogP contribution in [-0.2, 0) is 14.8 Å². The summed E-state index contributed by atoms with van der Waals surface area (Å²) in [4.78, 5) is 10.2. The van der Waals surface area contributed by atoms with Gasteiger partial charge in [0, 0.05) is 0 Å². The van der Waals surface area contributed by atoms with E-state index in [1.807, 2.05) is 4.72 Å². The van der Waals surface area contributed by atoms with Crippen molar-refractivity contribution in [3.05, 3.63) is 5.76 Å². The molecular weight excluding hydrogens is 238 g/mol. The number of sulfonamides is 1. The Hall–Kier alpha value is -1.61. The molecule has 0 aliphatic rings. The van der Waals surface area contributed by atoms with Crippen LogP contribution < -0.4 is 10.5 Å². The lowest BCUT2D eigenvalue weighted by Gasteiger charge is -2.09. The SMILES string of the molecule is Cc1onc(N)c1S(=O)(=O)N[C@@H](C)C(=O)O. The maximum atomic E-state index is 11.7. The van der Waals surface area contributed by atoms with Crippen LogP contribution in [0, 0.1) is 6.92 Å². The number of nitrogens with two attached hydrogens (primary N) is 1. The summed E-state index contributed by atoms with van der Waals surface area (Å²) in [5, 5.41) is 11.9. The van der Waals surface area contributed by atoms with Gasteiger partial charge in [0.2, 0.25) is 10.0 Å². The van der Waals surface area contributed by atoms with Crippen LogP contribution in [0.25, 0.3) is 0 Å². The predicted molar refractivity (Wildman–Crippen MR) is 53.1 cm³/mol. The molecule has 9 heteroatoms. The van der Waals surface area contributed by atoms with Gasteiger partial charge in [-0.15, -0.1) is 0 Å². The Morgan fingerprint density at radius 1 is 1.62 bits per heavy atom. The Labute approximate surface area is 91.5 Å². The Morgan fingerprint density at radius 2 is 2.19 bits per heavy atom. The first-order valence-electron chi connectivity index (χ1n) is 4.22. The van der Waals surface area contributed by atoms with Crippen LogP contribution in [0.2, 0.25) is 0 Å². The van der Waals surface area contributed by atoms with Crippen molar-refractivity contribution in [2.24, 2.45) is 0 Å². The highest BCUT2D eigenvalue weighted by Crippen LogP contribution is 2.21. The lowest BCUT2D eigenvalue weighted by atomic mass is 10.4. The molecule has 0 saturated heterocycles. The molecule has 0 amide bonds. The molecule has 0 bridgehead atoms. The van der Waals surface area contributed by atoms with Crippen molar-refractivity contribution >= 4 is 21.8 Å². The molecule has 16 heavy (non-hydrogen) atoms. The molecule has 1 aromatic heterocycles. The summed E-state index contributed by atoms with van der Waals surface area (Å²) in [6, 6.07) is -1.27. The Bertz CT molecular complexity index is 487. The molecule has 1 rings (SSSR count). The van der Waals surface area contributed by atoms with Crippen molar-refractivity contribution in [3.8, 4) is 0 Å². The molecule has 0 fully saturated rings. The fourth-order valence-electron chi connectivity index (χ4n) is 1.05. The average Bonchev–Trinajstić information content (AvgIpc) is 2.45. The summed E-state index contributed by atoms with van der Waals surface area (Å²) >= 11 is 0. The minimum atomic E-state index is -4.03. The second kappa shape index (κ2) is 4.10. The summed E-state index contributed by atoms with van der Waals surface area (Å²) in [5.74, 6) is -1.60. The van der Waals surface area contributed by atoms with Crippen molar-refractivity contribution < 1.29 is 22.8 Å². The molecule has 0 unspecified atom stereocenters. The van der Waals surface area contributed by atoms with Crippen molar-refractivity contribution in [2.45, 2.75) is 24.8 Å². The maximum absolute atomic E-state index is 11.7. The molecule has 90 valence electrons. The number of anilines is 1. The average molecular weight is 249 g/mol. The molecule has 0 aliphatic heterocycles. The van der Waals surface area contributed by atoms with Crippen LogP contribution in [0.5, 0.6) is 0 Å². The van der Waals surface area contributed by atoms with Gasteiger partial charge in [-0.25, -0.2) is 8.42 Å². The smallest absolute Gasteiger partial charge is 0.321 e. The van der Waals surface area contributed by atoms with Gasteiger partial charge in [-0.05, 0) is 13.8 Å². The Kier molecular flexibility index (Phi) is 3.19. The normalized spacial score (nSPS) is 13.6. The van der Waals surface area contributed by atoms with Gasteiger partial charge in [-0.3, -0.25) is 4.79 Å². The van der Waals surface area contributed by atoms with E-state index in [1.54, 1.807) is 0 Å². The summed E-state index contributed by atoms with van der Waals surface area (Å²) in [6.07, 6.45) is 0. The van der Waals surface area contributed by atoms with Crippen LogP contribution >= 0.6 is 0 Å². The lowest BCUT2D eigenvalue weighted by Crippen LogP contribution is -2.38. The third-order valence-electron chi connectivity index (χ3n) is 1.80. The molecule has 1 atom stereocenters. The van der Waals surface area contributed by atoms with Gasteiger partial charge < -0.3 is 15.4 Å². The molecule has 0 saturated carbocycles. The number of hydrogen-bond donors (Lipinski definition) is 3. The first-order valence-corrected chi connectivity index (χ1v) is 5.71. The zero-order valence-corrected chi connectivity index (χ0v) is 9.41. The number of carbonyl (C=O) groups is 1. The first kappa shape index (κ1) is 12.5. The molecule has 8 nitrogen and oxygen atoms in total. The van der Waals surface area contributed by atoms with E-state index in [2.05, 4.69) is 9.68 Å². The number of nitrogens with zero attached hydrogens (tertiary/aromatic N) is 1. The van der Waals surface area contributed by atoms with Crippen molar-refractivity contribution in [1.29, 1.82) is 0 Å². The topological polar surface area (TPSA) is 136 Å². The van der Waals surface area contributed by atoms with Crippen molar-refractivity contribution in [2.75, 3.05) is 5.73 Å². The number of aromatic nitrogens is 1. The van der Waals surface area contributed by atoms with Gasteiger partial charge in [0.25, 0.3) is 0 Å². The van der Waals surface area contributed by atoms with E-state index >= 15 is 0 Å². The standard InChI is InChI=1S/C7H11N3O5S/c1-3(7(11)12)10-16(13,14)5-4(2)15-9-6(5)8/h3,10H,1-2H3,(H2,8,9)(H,11,12)/t3-/m0/s1. The van der Waals surface area contributed by atoms with E-state index in [0.717, 1.165) is 0 Å². The minimum Gasteiger partial charge on any atom is -0.480 e. The highest BCUT2D eigenvalue weighted by Gasteiger charge is 2.28. The molecule has 1 heterocycles. The second-order valence-electron chi connectivity index (χ2n) is 3.13. The quantitative estimate of drug-likeness (QED) is 0.642. The molecule has 0 aliphatic carbocycles. The van der Waals surface area contributed by atoms with E-state index in [9.17, 15) is 13.2 Å². The van der Waals surface area contributed by atoms with E-state index < -0.39 is 22.0 Å². The van der Waals surface area contributed by atoms with Crippen LogP contribution in [0.15, 0.2) is 9.42 Å². The van der Waals surface area contributed by atoms with E-state index in [0.29, 0.717) is 0 Å². The molecule has 0 radical (unpaired) electrons. The third-order valence-corrected chi connectivity index (χ3v) is 3.50. The monoisotopic (exact) mass is 249 g/mol. The first-order chi connectivity index (χ1) is 7.25. The molecular formula is C7H11N3O5S. The number of rotatable bonds is 4. The van der Waals surface area contributed by atoms with Gasteiger partial charge in [-0.1, -0.05) is 5.16 Å². The molecule has 1 aromatic rings. The van der Waals surface area contributed by atoms with Crippen LogP contribution in [0.1, 0.15) is 12.7 Å². The van der Waals surface area contributed by atoms with Crippen LogP contribution in [0.4, 0.5) is 5.82 Å². The fourth-order valence-corrected chi connectivity index (χ4v) is 2.46. The summed E-state index contributed by atoms with van der Waals surface area (Å²) in [5.41, 5.74) is 5.31. The Morgan fingerprint density at radius 3 is 2.56 bits per heavy atom. The number of nitrogens with one attached hydrogen (secondary N) is 1. The number of nitrogen functional groups attached to an aromatic ring is 1. The second-order valence-corrected chi connectivity index (χ2v) is 4.79. The summed E-state index contributed by atoms with van der Waals surface area (Å²) in [7, 11) is -4.03. The molecule has 0 aromatic carbocycles. The Balaban J connectivity index is 3.09. The summed E-state index contributed by atoms with van der Waals surface area (Å²) in [6.45, 7) is 2.56. The number of aryl methyl sites for hydroxylation is 1. The van der Waals surface area contributed by atoms with E-state index in [-0.39, 0.29) is 16.5 Å². The van der Waals surface area contributed by atoms with Crippen molar-refractivity contribution in [3.63, 3.8) is 0 Å². The lowest BCUT2D eigenvalue weighted by molar-refractivity contribution is -0.138. The van der Waals surface area contributed by atoms with Gasteiger partial charge in [-0.2, -0.15) is 4.72 Å². The number of aliphatic carboxylic acids is 1. The highest BCUT2D eigenvalue weighted by atomic mass is 32.2. The van der Waals surface area contributed by atoms with Crippen molar-refractivity contribution in [1.82, 2.24) is 9.88 Å². The molecule has 0 spiro atoms. The van der Waals surface area contributed by atoms with Crippen LogP contribution in [0.3, 0.4) is 0 Å². The van der Waals surface area contributed by atoms with Gasteiger partial charge >= 0.3 is 5.97 Å². The minimum absolute atomic E-state index is 0.00240. The highest BCUT2D eigenvalue weighted by molar-refractivity contribution is 7.89. The fraction of sp³-hybridized carbons (Fsp3) is 0.429. The van der Waals surface area contributed by atoms with Gasteiger partial charge in [0.1, 0.15) is 6.04 Å². The van der Waals surface area contributed by atoms with Gasteiger partial charge in [0.15, 0.2) is 16.5 Å². The van der Waals surface area contributed by atoms with Crippen LogP contribution in [-0.4, -0.2) is 30.7 Å². The number of hydrogen-bond acceptors (Lipinski definition) is 6. The van der Waals surface area contributed by atoms with E-state index in [1.165, 1.54) is 13.8 Å². The molecule has 4 N–H and O–H groups in total. The zero-order chi connectivity index (χ0) is 12.5. The predicted octanol–water partition coefficient (Wildman–Crippen LogP) is -0.683. The third kappa shape index (κ3) is 2.31. The van der Waals surface area contributed by atoms with E-state index in [4.69, 9.17) is 10.8 Å². The number of carboxylic acids is 1. The summed E-state index contributed by atoms with van der Waals surface area (Å²) < 4.78 is 29.9.